The van der Waals surface area contributed by atoms with E-state index in [2.05, 4.69) is 50.4 Å². The molecule has 4 rings (SSSR count). The Morgan fingerprint density at radius 1 is 1.46 bits per heavy atom. The van der Waals surface area contributed by atoms with E-state index in [1.807, 2.05) is 0 Å². The lowest BCUT2D eigenvalue weighted by atomic mass is 10.2. The molecular formula is C16H20N6OS. The Bertz CT molecular complexity index is 816. The van der Waals surface area contributed by atoms with Crippen molar-refractivity contribution in [2.45, 2.75) is 32.8 Å². The fourth-order valence-corrected chi connectivity index (χ4v) is 3.86. The van der Waals surface area contributed by atoms with Crippen molar-refractivity contribution < 1.29 is 4.74 Å². The third kappa shape index (κ3) is 2.83. The number of aromatic nitrogens is 5. The molecule has 1 unspecified atom stereocenters. The fraction of sp³-hybridized carbons (Fsp3) is 0.438. The molecule has 1 aliphatic heterocycles. The number of anilines is 1. The van der Waals surface area contributed by atoms with Crippen LogP contribution in [0.25, 0.3) is 17.2 Å². The second-order valence-electron chi connectivity index (χ2n) is 5.98. The molecule has 1 saturated heterocycles. The average Bonchev–Trinajstić information content (AvgIpc) is 3.34. The first-order chi connectivity index (χ1) is 11.7. The van der Waals surface area contributed by atoms with Crippen LogP contribution in [0.3, 0.4) is 0 Å². The molecular weight excluding hydrogens is 324 g/mol. The van der Waals surface area contributed by atoms with Gasteiger partial charge in [0.1, 0.15) is 6.33 Å². The Balaban J connectivity index is 1.55. The number of H-pyrrole nitrogens is 1. The normalized spacial score (nSPS) is 17.5. The van der Waals surface area contributed by atoms with Gasteiger partial charge in [0, 0.05) is 35.5 Å². The van der Waals surface area contributed by atoms with E-state index < -0.39 is 0 Å². The summed E-state index contributed by atoms with van der Waals surface area (Å²) < 4.78 is 7.70. The van der Waals surface area contributed by atoms with E-state index in [1.54, 1.807) is 11.3 Å². The number of aromatic amines is 1. The highest BCUT2D eigenvalue weighted by atomic mass is 32.1. The number of rotatable bonds is 5. The molecule has 24 heavy (non-hydrogen) atoms. The van der Waals surface area contributed by atoms with Gasteiger partial charge in [-0.25, -0.2) is 10.1 Å². The van der Waals surface area contributed by atoms with E-state index in [-0.39, 0.29) is 0 Å². The van der Waals surface area contributed by atoms with Gasteiger partial charge in [-0.15, -0.1) is 11.3 Å². The summed E-state index contributed by atoms with van der Waals surface area (Å²) in [5.74, 6) is 0.725. The third-order valence-corrected chi connectivity index (χ3v) is 5.13. The molecule has 4 heterocycles. The topological polar surface area (TPSA) is 80.7 Å². The van der Waals surface area contributed by atoms with Gasteiger partial charge in [-0.2, -0.15) is 10.1 Å². The molecule has 0 saturated carbocycles. The first kappa shape index (κ1) is 15.3. The van der Waals surface area contributed by atoms with Crippen LogP contribution in [0.1, 0.15) is 24.2 Å². The monoisotopic (exact) mass is 344 g/mol. The Hall–Kier alpha value is -2.19. The minimum absolute atomic E-state index is 0.314. The van der Waals surface area contributed by atoms with Gasteiger partial charge >= 0.3 is 0 Å². The lowest BCUT2D eigenvalue weighted by Gasteiger charge is -2.09. The van der Waals surface area contributed by atoms with Crippen LogP contribution in [-0.2, 0) is 4.74 Å². The number of nitrogens with zero attached hydrogens (tertiary/aromatic N) is 4. The summed E-state index contributed by atoms with van der Waals surface area (Å²) in [5, 5.41) is 13.3. The number of nitrogens with one attached hydrogen (secondary N) is 2. The Kier molecular flexibility index (Phi) is 4.07. The van der Waals surface area contributed by atoms with Crippen LogP contribution in [0.5, 0.6) is 0 Å². The van der Waals surface area contributed by atoms with Gasteiger partial charge in [0.15, 0.2) is 5.13 Å². The van der Waals surface area contributed by atoms with E-state index in [0.717, 1.165) is 59.7 Å². The maximum atomic E-state index is 5.64. The van der Waals surface area contributed by atoms with Gasteiger partial charge in [0.25, 0.3) is 0 Å². The minimum Gasteiger partial charge on any atom is -0.376 e. The van der Waals surface area contributed by atoms with Crippen molar-refractivity contribution in [2.75, 3.05) is 18.5 Å². The predicted molar refractivity (Wildman–Crippen MR) is 93.8 cm³/mol. The number of hydrogen-bond donors (Lipinski definition) is 2. The molecule has 0 radical (unpaired) electrons. The summed E-state index contributed by atoms with van der Waals surface area (Å²) in [4.78, 5) is 8.98. The minimum atomic E-state index is 0.314. The lowest BCUT2D eigenvalue weighted by Crippen LogP contribution is -2.18. The van der Waals surface area contributed by atoms with Crippen LogP contribution >= 0.6 is 11.3 Å². The number of thiazole rings is 1. The zero-order valence-electron chi connectivity index (χ0n) is 13.7. The highest BCUT2D eigenvalue weighted by molar-refractivity contribution is 7.14. The van der Waals surface area contributed by atoms with Gasteiger partial charge in [-0.1, -0.05) is 0 Å². The highest BCUT2D eigenvalue weighted by Crippen LogP contribution is 2.31. The summed E-state index contributed by atoms with van der Waals surface area (Å²) in [6, 6.07) is 2.14. The van der Waals surface area contributed by atoms with E-state index in [9.17, 15) is 0 Å². The number of hydrogen-bond acceptors (Lipinski definition) is 6. The average molecular weight is 344 g/mol. The van der Waals surface area contributed by atoms with Gasteiger partial charge in [0.2, 0.25) is 5.95 Å². The number of aryl methyl sites for hydroxylation is 1. The molecule has 1 fully saturated rings. The van der Waals surface area contributed by atoms with Crippen molar-refractivity contribution in [1.82, 2.24) is 24.7 Å². The fourth-order valence-electron chi connectivity index (χ4n) is 3.14. The molecule has 0 aromatic carbocycles. The van der Waals surface area contributed by atoms with E-state index in [0.29, 0.717) is 6.10 Å². The first-order valence-electron chi connectivity index (χ1n) is 8.08. The van der Waals surface area contributed by atoms with Crippen molar-refractivity contribution in [3.8, 4) is 17.2 Å². The van der Waals surface area contributed by atoms with E-state index in [4.69, 9.17) is 9.72 Å². The van der Waals surface area contributed by atoms with Crippen molar-refractivity contribution in [1.29, 1.82) is 0 Å². The van der Waals surface area contributed by atoms with Crippen LogP contribution in [0, 0.1) is 13.8 Å². The van der Waals surface area contributed by atoms with E-state index in [1.165, 1.54) is 6.33 Å². The van der Waals surface area contributed by atoms with Crippen LogP contribution in [0.2, 0.25) is 0 Å². The summed E-state index contributed by atoms with van der Waals surface area (Å²) in [6.45, 7) is 5.83. The van der Waals surface area contributed by atoms with Crippen LogP contribution in [0.4, 0.5) is 5.13 Å². The smallest absolute Gasteiger partial charge is 0.229 e. The van der Waals surface area contributed by atoms with Gasteiger partial charge < -0.3 is 10.1 Å². The largest absolute Gasteiger partial charge is 0.376 e. The predicted octanol–water partition coefficient (Wildman–Crippen LogP) is 2.93. The molecule has 3 aromatic heterocycles. The van der Waals surface area contributed by atoms with Crippen molar-refractivity contribution in [2.24, 2.45) is 0 Å². The Labute approximate surface area is 144 Å². The maximum absolute atomic E-state index is 5.64. The molecule has 0 amide bonds. The quantitative estimate of drug-likeness (QED) is 0.744. The molecule has 2 N–H and O–H groups in total. The Morgan fingerprint density at radius 2 is 2.38 bits per heavy atom. The molecule has 7 nitrogen and oxygen atoms in total. The van der Waals surface area contributed by atoms with Crippen LogP contribution < -0.4 is 5.32 Å². The van der Waals surface area contributed by atoms with Crippen LogP contribution in [0.15, 0.2) is 17.8 Å². The summed E-state index contributed by atoms with van der Waals surface area (Å²) in [7, 11) is 0. The van der Waals surface area contributed by atoms with E-state index >= 15 is 0 Å². The van der Waals surface area contributed by atoms with Gasteiger partial charge in [-0.05, 0) is 32.8 Å². The maximum Gasteiger partial charge on any atom is 0.229 e. The second kappa shape index (κ2) is 6.37. The second-order valence-corrected chi connectivity index (χ2v) is 6.84. The standard InChI is InChI=1S/C16H20N6OS/c1-10-6-13(11(2)22(10)15-18-9-19-21-15)14-8-24-16(20-14)17-7-12-4-3-5-23-12/h6,8-9,12H,3-5,7H2,1-2H3,(H,17,20)(H,18,19,21). The molecule has 1 aliphatic rings. The summed E-state index contributed by atoms with van der Waals surface area (Å²) in [6.07, 6.45) is 4.12. The van der Waals surface area contributed by atoms with Gasteiger partial charge in [0.05, 0.1) is 11.8 Å². The first-order valence-corrected chi connectivity index (χ1v) is 8.96. The van der Waals surface area contributed by atoms with Crippen LogP contribution in [-0.4, -0.2) is 44.0 Å². The Morgan fingerprint density at radius 3 is 3.12 bits per heavy atom. The SMILES string of the molecule is Cc1cc(-c2csc(NCC3CCCO3)n2)c(C)n1-c1ncn[nH]1. The van der Waals surface area contributed by atoms with Crippen molar-refractivity contribution in [3.05, 3.63) is 29.2 Å². The van der Waals surface area contributed by atoms with Crippen molar-refractivity contribution >= 4 is 16.5 Å². The summed E-state index contributed by atoms with van der Waals surface area (Å²) in [5.41, 5.74) is 4.29. The highest BCUT2D eigenvalue weighted by Gasteiger charge is 2.18. The molecule has 3 aromatic rings. The molecule has 0 aliphatic carbocycles. The molecule has 0 bridgehead atoms. The molecule has 1 atom stereocenters. The zero-order chi connectivity index (χ0) is 16.5. The van der Waals surface area contributed by atoms with Crippen molar-refractivity contribution in [3.63, 3.8) is 0 Å². The lowest BCUT2D eigenvalue weighted by molar-refractivity contribution is 0.120. The molecule has 0 spiro atoms. The number of ether oxygens (including phenoxy) is 1. The summed E-state index contributed by atoms with van der Waals surface area (Å²) >= 11 is 1.63. The molecule has 126 valence electrons. The third-order valence-electron chi connectivity index (χ3n) is 4.33. The van der Waals surface area contributed by atoms with Gasteiger partial charge in [-0.3, -0.25) is 4.57 Å². The molecule has 8 heteroatoms. The zero-order valence-corrected chi connectivity index (χ0v) is 14.6.